The second-order valence-corrected chi connectivity index (χ2v) is 17.1. The third-order valence-electron chi connectivity index (χ3n) is 7.62. The van der Waals surface area contributed by atoms with Crippen LogP contribution < -0.4 is 24.6 Å². The molecule has 0 aromatic heterocycles. The van der Waals surface area contributed by atoms with Gasteiger partial charge in [0.25, 0.3) is 5.91 Å². The van der Waals surface area contributed by atoms with Crippen LogP contribution in [0.2, 0.25) is 0 Å². The lowest BCUT2D eigenvalue weighted by Gasteiger charge is -2.36. The van der Waals surface area contributed by atoms with Crippen LogP contribution in [0.1, 0.15) is 84.7 Å². The van der Waals surface area contributed by atoms with Crippen LogP contribution in [0, 0.1) is 10.8 Å². The Kier molecular flexibility index (Phi) is 11.7. The molecular weight excluding hydrogens is 668 g/mol. The lowest BCUT2D eigenvalue weighted by molar-refractivity contribution is -0.154. The predicted octanol–water partition coefficient (Wildman–Crippen LogP) is 4.96. The minimum atomic E-state index is -3.84. The van der Waals surface area contributed by atoms with Gasteiger partial charge in [-0.3, -0.25) is 29.4 Å². The normalized spacial score (nSPS) is 15.6. The monoisotopic (exact) mass is 716 g/mol. The number of nitrogens with one attached hydrogen (secondary N) is 2. The maximum atomic E-state index is 13.9. The molecule has 3 rings (SSSR count). The summed E-state index contributed by atoms with van der Waals surface area (Å²) in [5, 5.41) is 5.09. The van der Waals surface area contributed by atoms with E-state index >= 15 is 0 Å². The molecule has 0 saturated carbocycles. The van der Waals surface area contributed by atoms with Gasteiger partial charge in [-0.2, -0.15) is 0 Å². The number of imide groups is 1. The fourth-order valence-electron chi connectivity index (χ4n) is 4.85. The molecule has 1 aliphatic rings. The van der Waals surface area contributed by atoms with Crippen LogP contribution in [-0.4, -0.2) is 70.9 Å². The summed E-state index contributed by atoms with van der Waals surface area (Å²) < 4.78 is 42.5. The largest absolute Gasteiger partial charge is 0.496 e. The van der Waals surface area contributed by atoms with Gasteiger partial charge in [-0.1, -0.05) is 20.8 Å². The minimum absolute atomic E-state index is 0.0704. The number of amides is 4. The van der Waals surface area contributed by atoms with E-state index < -0.39 is 68.8 Å². The van der Waals surface area contributed by atoms with E-state index in [9.17, 15) is 32.4 Å². The molecule has 1 aliphatic heterocycles. The quantitative estimate of drug-likeness (QED) is 0.252. The summed E-state index contributed by atoms with van der Waals surface area (Å²) in [6.45, 7) is 15.0. The Hall–Kier alpha value is -4.66. The molecule has 1 atom stereocenters. The van der Waals surface area contributed by atoms with E-state index in [1.807, 2.05) is 20.8 Å². The summed E-state index contributed by atoms with van der Waals surface area (Å²) in [5.41, 5.74) is -0.800. The summed E-state index contributed by atoms with van der Waals surface area (Å²) in [6.07, 6.45) is 0.838. The van der Waals surface area contributed by atoms with Crippen LogP contribution >= 0.6 is 0 Å². The zero-order valence-electron chi connectivity index (χ0n) is 30.5. The molecule has 274 valence electrons. The third-order valence-corrected chi connectivity index (χ3v) is 8.73. The second-order valence-electron chi connectivity index (χ2n) is 15.2. The maximum Gasteiger partial charge on any atom is 0.328 e. The molecule has 0 aliphatic carbocycles. The average Bonchev–Trinajstić information content (AvgIpc) is 2.97. The second kappa shape index (κ2) is 14.7. The number of nitrogens with zero attached hydrogens (tertiary/aromatic N) is 2. The van der Waals surface area contributed by atoms with Crippen LogP contribution in [0.5, 0.6) is 5.75 Å². The van der Waals surface area contributed by atoms with E-state index in [1.165, 1.54) is 42.3 Å². The number of methoxy groups -OCH3 is 1. The van der Waals surface area contributed by atoms with Gasteiger partial charge in [0, 0.05) is 16.9 Å². The van der Waals surface area contributed by atoms with E-state index in [-0.39, 0.29) is 35.7 Å². The highest BCUT2D eigenvalue weighted by Crippen LogP contribution is 2.39. The highest BCUT2D eigenvalue weighted by atomic mass is 32.2. The molecule has 50 heavy (non-hydrogen) atoms. The van der Waals surface area contributed by atoms with Crippen LogP contribution in [0.15, 0.2) is 36.4 Å². The first kappa shape index (κ1) is 39.8. The van der Waals surface area contributed by atoms with Crippen molar-refractivity contribution in [3.8, 4) is 5.75 Å². The lowest BCUT2D eigenvalue weighted by Crippen LogP contribution is -2.57. The van der Waals surface area contributed by atoms with E-state index in [0.29, 0.717) is 11.3 Å². The van der Waals surface area contributed by atoms with Crippen molar-refractivity contribution < 1.29 is 46.6 Å². The van der Waals surface area contributed by atoms with Crippen molar-refractivity contribution in [2.24, 2.45) is 10.8 Å². The Bertz CT molecular complexity index is 1750. The molecule has 1 saturated heterocycles. The molecule has 0 spiro atoms. The van der Waals surface area contributed by atoms with Crippen molar-refractivity contribution in [3.05, 3.63) is 47.5 Å². The zero-order chi connectivity index (χ0) is 38.0. The predicted molar refractivity (Wildman–Crippen MR) is 189 cm³/mol. The van der Waals surface area contributed by atoms with Gasteiger partial charge in [0.2, 0.25) is 15.9 Å². The van der Waals surface area contributed by atoms with Gasteiger partial charge >= 0.3 is 18.0 Å². The van der Waals surface area contributed by atoms with E-state index in [1.54, 1.807) is 47.6 Å². The summed E-state index contributed by atoms with van der Waals surface area (Å²) in [5.74, 6) is -1.96. The van der Waals surface area contributed by atoms with Crippen molar-refractivity contribution in [2.75, 3.05) is 41.2 Å². The first-order chi connectivity index (χ1) is 22.8. The van der Waals surface area contributed by atoms with Crippen LogP contribution in [-0.2, 0) is 39.3 Å². The van der Waals surface area contributed by atoms with Gasteiger partial charge in [0.05, 0.1) is 47.9 Å². The minimum Gasteiger partial charge on any atom is -0.496 e. The van der Waals surface area contributed by atoms with Crippen LogP contribution in [0.25, 0.3) is 0 Å². The molecule has 4 amide bonds. The fourth-order valence-corrected chi connectivity index (χ4v) is 5.60. The topological polar surface area (TPSA) is 178 Å². The molecule has 1 heterocycles. The third kappa shape index (κ3) is 9.73. The van der Waals surface area contributed by atoms with Crippen LogP contribution in [0.3, 0.4) is 0 Å². The molecular formula is C35H48N4O10S. The first-order valence-electron chi connectivity index (χ1n) is 15.9. The molecule has 2 N–H and O–H groups in total. The number of anilines is 3. The highest BCUT2D eigenvalue weighted by Gasteiger charge is 2.37. The SMILES string of the molecule is COc1c(C(=O)Nc2ccc(N(COC(=O)C(C)(C)C)S(C)(=O)=O)cc2)cc(N2C(=O)NC(=O)CC2COC(=O)C(C)(C)C)cc1C(C)(C)C. The smallest absolute Gasteiger partial charge is 0.328 e. The summed E-state index contributed by atoms with van der Waals surface area (Å²) in [7, 11) is -2.42. The Morgan fingerprint density at radius 2 is 1.48 bits per heavy atom. The van der Waals surface area contributed by atoms with E-state index in [4.69, 9.17) is 14.2 Å². The molecule has 0 radical (unpaired) electrons. The molecule has 0 bridgehead atoms. The fraction of sp³-hybridized carbons (Fsp3) is 0.514. The number of ether oxygens (including phenoxy) is 3. The van der Waals surface area contributed by atoms with E-state index in [2.05, 4.69) is 10.6 Å². The highest BCUT2D eigenvalue weighted by molar-refractivity contribution is 7.92. The number of carbonyl (C=O) groups excluding carboxylic acids is 5. The molecule has 2 aromatic carbocycles. The number of urea groups is 1. The van der Waals surface area contributed by atoms with Crippen molar-refractivity contribution >= 4 is 56.9 Å². The van der Waals surface area contributed by atoms with Gasteiger partial charge in [-0.15, -0.1) is 0 Å². The molecule has 14 nitrogen and oxygen atoms in total. The Morgan fingerprint density at radius 1 is 0.920 bits per heavy atom. The van der Waals surface area contributed by atoms with Crippen molar-refractivity contribution in [1.29, 1.82) is 0 Å². The zero-order valence-corrected chi connectivity index (χ0v) is 31.4. The van der Waals surface area contributed by atoms with E-state index in [0.717, 1.165) is 10.6 Å². The number of hydrogen-bond acceptors (Lipinski definition) is 10. The Balaban J connectivity index is 2.00. The summed E-state index contributed by atoms with van der Waals surface area (Å²) >= 11 is 0. The number of hydrogen-bond donors (Lipinski definition) is 2. The van der Waals surface area contributed by atoms with Gasteiger partial charge in [-0.25, -0.2) is 17.5 Å². The van der Waals surface area contributed by atoms with Crippen LogP contribution in [0.4, 0.5) is 21.9 Å². The molecule has 15 heteroatoms. The Morgan fingerprint density at radius 3 is 1.98 bits per heavy atom. The van der Waals surface area contributed by atoms with Gasteiger partial charge < -0.3 is 19.5 Å². The van der Waals surface area contributed by atoms with Crippen molar-refractivity contribution in [1.82, 2.24) is 5.32 Å². The average molecular weight is 717 g/mol. The summed E-state index contributed by atoms with van der Waals surface area (Å²) in [6, 6.07) is 7.44. The lowest BCUT2D eigenvalue weighted by atomic mass is 9.84. The first-order valence-corrected chi connectivity index (χ1v) is 17.8. The number of esters is 2. The number of sulfonamides is 1. The molecule has 1 fully saturated rings. The number of benzene rings is 2. The standard InChI is InChI=1S/C35H48N4O10S/c1-33(2,3)26-17-23(39-24(18-27(40)37-32(39)44)19-48-30(42)34(4,5)6)16-25(28(26)47-10)29(41)36-21-12-14-22(15-13-21)38(50(11,45)46)20-49-31(43)35(7,8)9/h12-17,24H,18-20H2,1-11H3,(H,36,41)(H,37,40,44). The number of carbonyl (C=O) groups is 5. The molecule has 1 unspecified atom stereocenters. The van der Waals surface area contributed by atoms with Crippen molar-refractivity contribution in [2.45, 2.75) is 80.2 Å². The number of rotatable bonds is 10. The maximum absolute atomic E-state index is 13.9. The molecule has 2 aromatic rings. The van der Waals surface area contributed by atoms with Gasteiger partial charge in [0.15, 0.2) is 6.73 Å². The summed E-state index contributed by atoms with van der Waals surface area (Å²) in [4.78, 5) is 65.7. The van der Waals surface area contributed by atoms with Gasteiger partial charge in [-0.05, 0) is 83.4 Å². The Labute approximate surface area is 293 Å². The van der Waals surface area contributed by atoms with Gasteiger partial charge in [0.1, 0.15) is 12.4 Å². The van der Waals surface area contributed by atoms with Crippen molar-refractivity contribution in [3.63, 3.8) is 0 Å².